The van der Waals surface area contributed by atoms with E-state index in [2.05, 4.69) is 30.5 Å². The van der Waals surface area contributed by atoms with Crippen LogP contribution in [-0.2, 0) is 4.79 Å². The van der Waals surface area contributed by atoms with Gasteiger partial charge in [-0.1, -0.05) is 0 Å². The first-order valence-electron chi connectivity index (χ1n) is 8.85. The summed E-state index contributed by atoms with van der Waals surface area (Å²) in [6.07, 6.45) is -2.71. The molecule has 1 aliphatic heterocycles. The van der Waals surface area contributed by atoms with Gasteiger partial charge < -0.3 is 15.2 Å². The van der Waals surface area contributed by atoms with Crippen LogP contribution in [0, 0.1) is 6.92 Å². The number of alkyl halides is 3. The standard InChI is InChI=1S/C17H18F3N7O/c1-8-22-15-12(10-2-4-21-14(10)25-26-15)16(23-8)27-5-3-9(7-27)24-17(28)13(20)11(19)6-18/h2,4,9,11,13H,3,5-7H2,1H3,(H,21,25)(H,24,28). The highest BCUT2D eigenvalue weighted by molar-refractivity contribution is 6.07. The molecule has 1 aliphatic rings. The number of hydrogen-bond donors (Lipinski definition) is 2. The number of rotatable bonds is 5. The first-order chi connectivity index (χ1) is 13.5. The molecule has 8 nitrogen and oxygen atoms in total. The number of carbonyl (C=O) groups is 1. The Bertz CT molecular complexity index is 1030. The lowest BCUT2D eigenvalue weighted by Gasteiger charge is -2.20. The Morgan fingerprint density at radius 1 is 1.39 bits per heavy atom. The lowest BCUT2D eigenvalue weighted by Crippen LogP contribution is -2.44. The minimum Gasteiger partial charge on any atom is -0.354 e. The molecule has 0 aromatic carbocycles. The van der Waals surface area contributed by atoms with Gasteiger partial charge in [-0.3, -0.25) is 4.79 Å². The number of nitrogens with one attached hydrogen (secondary N) is 2. The summed E-state index contributed by atoms with van der Waals surface area (Å²) in [5.41, 5.74) is 1.06. The molecule has 1 saturated heterocycles. The molecular weight excluding hydrogens is 375 g/mol. The minimum atomic E-state index is -2.52. The highest BCUT2D eigenvalue weighted by Crippen LogP contribution is 2.30. The van der Waals surface area contributed by atoms with Crippen LogP contribution in [0.2, 0.25) is 0 Å². The quantitative estimate of drug-likeness (QED) is 0.682. The molecule has 3 aromatic heterocycles. The van der Waals surface area contributed by atoms with E-state index < -0.39 is 31.0 Å². The second-order valence-electron chi connectivity index (χ2n) is 6.75. The SMILES string of the molecule is Cc1nc(N2CCC(NC(=O)C(F)C(F)CF)C2)c2c(nnc3[nH]ccc32)n1. The Labute approximate surface area is 157 Å². The fourth-order valence-electron chi connectivity index (χ4n) is 3.42. The summed E-state index contributed by atoms with van der Waals surface area (Å²) >= 11 is 0. The Kier molecular flexibility index (Phi) is 4.73. The molecule has 0 spiro atoms. The van der Waals surface area contributed by atoms with E-state index >= 15 is 0 Å². The third-order valence-electron chi connectivity index (χ3n) is 4.77. The van der Waals surface area contributed by atoms with Crippen molar-refractivity contribution in [2.24, 2.45) is 0 Å². The molecule has 0 saturated carbocycles. The van der Waals surface area contributed by atoms with Gasteiger partial charge in [0.2, 0.25) is 6.17 Å². The van der Waals surface area contributed by atoms with Crippen molar-refractivity contribution in [2.45, 2.75) is 31.7 Å². The van der Waals surface area contributed by atoms with E-state index in [0.717, 1.165) is 10.8 Å². The van der Waals surface area contributed by atoms with Crippen LogP contribution >= 0.6 is 0 Å². The number of carbonyl (C=O) groups excluding carboxylic acids is 1. The molecule has 3 atom stereocenters. The number of aromatic nitrogens is 5. The highest BCUT2D eigenvalue weighted by atomic mass is 19.2. The molecule has 4 rings (SSSR count). The third kappa shape index (κ3) is 3.20. The summed E-state index contributed by atoms with van der Waals surface area (Å²) in [5.74, 6) is 0.0218. The Hall–Kier alpha value is -2.98. The summed E-state index contributed by atoms with van der Waals surface area (Å²) in [7, 11) is 0. The largest absolute Gasteiger partial charge is 0.354 e. The van der Waals surface area contributed by atoms with Gasteiger partial charge in [-0.2, -0.15) is 0 Å². The fourth-order valence-corrected chi connectivity index (χ4v) is 3.42. The first-order valence-corrected chi connectivity index (χ1v) is 8.85. The first kappa shape index (κ1) is 18.4. The molecule has 148 valence electrons. The normalized spacial score (nSPS) is 19.3. The van der Waals surface area contributed by atoms with Crippen molar-refractivity contribution >= 4 is 33.8 Å². The van der Waals surface area contributed by atoms with Crippen molar-refractivity contribution in [3.05, 3.63) is 18.1 Å². The molecule has 3 unspecified atom stereocenters. The van der Waals surface area contributed by atoms with Gasteiger partial charge in [-0.25, -0.2) is 23.1 Å². The van der Waals surface area contributed by atoms with E-state index in [-0.39, 0.29) is 0 Å². The smallest absolute Gasteiger partial charge is 0.258 e. The molecule has 1 amide bonds. The summed E-state index contributed by atoms with van der Waals surface area (Å²) in [4.78, 5) is 25.6. The number of fused-ring (bicyclic) bond motifs is 3. The van der Waals surface area contributed by atoms with E-state index in [1.54, 1.807) is 13.1 Å². The van der Waals surface area contributed by atoms with Crippen LogP contribution in [-0.4, -0.2) is 69.2 Å². The van der Waals surface area contributed by atoms with Gasteiger partial charge in [0, 0.05) is 30.7 Å². The van der Waals surface area contributed by atoms with Crippen LogP contribution in [0.25, 0.3) is 22.1 Å². The van der Waals surface area contributed by atoms with E-state index in [1.807, 2.05) is 11.0 Å². The number of anilines is 1. The van der Waals surface area contributed by atoms with E-state index in [1.165, 1.54) is 0 Å². The zero-order valence-corrected chi connectivity index (χ0v) is 15.0. The van der Waals surface area contributed by atoms with Crippen LogP contribution in [0.5, 0.6) is 0 Å². The number of halogens is 3. The number of aromatic amines is 1. The monoisotopic (exact) mass is 393 g/mol. The maximum Gasteiger partial charge on any atom is 0.258 e. The molecule has 2 N–H and O–H groups in total. The maximum atomic E-state index is 13.6. The maximum absolute atomic E-state index is 13.6. The van der Waals surface area contributed by atoms with Gasteiger partial charge in [-0.15, -0.1) is 10.2 Å². The number of amides is 1. The molecule has 11 heteroatoms. The molecule has 3 aromatic rings. The average Bonchev–Trinajstić information content (AvgIpc) is 3.35. The van der Waals surface area contributed by atoms with Crippen molar-refractivity contribution in [1.29, 1.82) is 0 Å². The number of nitrogens with zero attached hydrogens (tertiary/aromatic N) is 5. The Balaban J connectivity index is 1.60. The van der Waals surface area contributed by atoms with Gasteiger partial charge in [0.05, 0.1) is 5.39 Å². The molecule has 0 aliphatic carbocycles. The van der Waals surface area contributed by atoms with E-state index in [0.29, 0.717) is 42.4 Å². The topological polar surface area (TPSA) is 99.7 Å². The van der Waals surface area contributed by atoms with Crippen LogP contribution in [0.3, 0.4) is 0 Å². The molecule has 0 bridgehead atoms. The van der Waals surface area contributed by atoms with Gasteiger partial charge in [0.1, 0.15) is 18.3 Å². The van der Waals surface area contributed by atoms with Crippen LogP contribution in [0.15, 0.2) is 12.3 Å². The molecule has 1 fully saturated rings. The van der Waals surface area contributed by atoms with Gasteiger partial charge in [-0.05, 0) is 19.4 Å². The summed E-state index contributed by atoms with van der Waals surface area (Å²) in [6, 6.07) is 1.45. The number of aryl methyl sites for hydroxylation is 1. The Morgan fingerprint density at radius 2 is 2.21 bits per heavy atom. The Morgan fingerprint density at radius 3 is 3.00 bits per heavy atom. The number of H-pyrrole nitrogens is 1. The van der Waals surface area contributed by atoms with Crippen LogP contribution < -0.4 is 10.2 Å². The number of hydrogen-bond acceptors (Lipinski definition) is 6. The van der Waals surface area contributed by atoms with E-state index in [4.69, 9.17) is 0 Å². The van der Waals surface area contributed by atoms with Crippen molar-refractivity contribution in [2.75, 3.05) is 24.7 Å². The second-order valence-corrected chi connectivity index (χ2v) is 6.75. The lowest BCUT2D eigenvalue weighted by molar-refractivity contribution is -0.129. The highest BCUT2D eigenvalue weighted by Gasteiger charge is 2.33. The molecule has 4 heterocycles. The predicted octanol–water partition coefficient (Wildman–Crippen LogP) is 1.55. The van der Waals surface area contributed by atoms with Crippen molar-refractivity contribution in [3.8, 4) is 0 Å². The zero-order chi connectivity index (χ0) is 19.8. The zero-order valence-electron chi connectivity index (χ0n) is 15.0. The van der Waals surface area contributed by atoms with Crippen molar-refractivity contribution in [3.63, 3.8) is 0 Å². The van der Waals surface area contributed by atoms with Crippen LogP contribution in [0.1, 0.15) is 12.2 Å². The third-order valence-corrected chi connectivity index (χ3v) is 4.77. The van der Waals surface area contributed by atoms with E-state index in [9.17, 15) is 18.0 Å². The second kappa shape index (κ2) is 7.21. The van der Waals surface area contributed by atoms with Gasteiger partial charge in [0.15, 0.2) is 17.5 Å². The predicted molar refractivity (Wildman–Crippen MR) is 96.2 cm³/mol. The van der Waals surface area contributed by atoms with Crippen molar-refractivity contribution < 1.29 is 18.0 Å². The van der Waals surface area contributed by atoms with Gasteiger partial charge in [0.25, 0.3) is 5.91 Å². The summed E-state index contributed by atoms with van der Waals surface area (Å²) in [6.45, 7) is 1.10. The molecular formula is C17H18F3N7O. The molecule has 0 radical (unpaired) electrons. The van der Waals surface area contributed by atoms with Crippen LogP contribution in [0.4, 0.5) is 19.0 Å². The fraction of sp³-hybridized carbons (Fsp3) is 0.471. The lowest BCUT2D eigenvalue weighted by atomic mass is 10.2. The van der Waals surface area contributed by atoms with Crippen molar-refractivity contribution in [1.82, 2.24) is 30.5 Å². The summed E-state index contributed by atoms with van der Waals surface area (Å²) in [5, 5.41) is 12.2. The summed E-state index contributed by atoms with van der Waals surface area (Å²) < 4.78 is 38.9. The average molecular weight is 393 g/mol. The van der Waals surface area contributed by atoms with Gasteiger partial charge >= 0.3 is 0 Å². The molecule has 28 heavy (non-hydrogen) atoms. The minimum absolute atomic E-state index is 0.352.